The van der Waals surface area contributed by atoms with Crippen LogP contribution in [-0.4, -0.2) is 16.1 Å². The van der Waals surface area contributed by atoms with E-state index in [9.17, 15) is 9.18 Å². The van der Waals surface area contributed by atoms with Crippen LogP contribution < -0.4 is 0 Å². The van der Waals surface area contributed by atoms with Crippen molar-refractivity contribution in [3.05, 3.63) is 53.6 Å². The van der Waals surface area contributed by atoms with Gasteiger partial charge in [0.25, 0.3) is 0 Å². The van der Waals surface area contributed by atoms with Gasteiger partial charge in [0, 0.05) is 23.5 Å². The number of nitrogens with zero attached hydrogens (tertiary/aromatic N) is 1. The second-order valence-electron chi connectivity index (χ2n) is 3.72. The van der Waals surface area contributed by atoms with Gasteiger partial charge < -0.3 is 5.11 Å². The van der Waals surface area contributed by atoms with Gasteiger partial charge in [0.1, 0.15) is 11.4 Å². The molecule has 0 aliphatic carbocycles. The van der Waals surface area contributed by atoms with Crippen LogP contribution in [0.1, 0.15) is 15.9 Å². The zero-order valence-electron chi connectivity index (χ0n) is 9.14. The molecule has 3 nitrogen and oxygen atoms in total. The summed E-state index contributed by atoms with van der Waals surface area (Å²) in [5, 5.41) is 9.02. The van der Waals surface area contributed by atoms with Crippen LogP contribution in [0.3, 0.4) is 0 Å². The molecule has 1 heterocycles. The normalized spacial score (nSPS) is 10.2. The molecule has 0 bridgehead atoms. The fourth-order valence-corrected chi connectivity index (χ4v) is 1.68. The molecule has 0 atom stereocenters. The second kappa shape index (κ2) is 4.33. The minimum atomic E-state index is -1.28. The van der Waals surface area contributed by atoms with Crippen molar-refractivity contribution in [2.75, 3.05) is 0 Å². The molecule has 1 aromatic heterocycles. The van der Waals surface area contributed by atoms with Gasteiger partial charge in [0.05, 0.1) is 0 Å². The number of pyridine rings is 1. The Morgan fingerprint density at radius 3 is 2.76 bits per heavy atom. The van der Waals surface area contributed by atoms with Crippen molar-refractivity contribution >= 4 is 5.97 Å². The van der Waals surface area contributed by atoms with Gasteiger partial charge in [-0.25, -0.2) is 9.18 Å². The van der Waals surface area contributed by atoms with Gasteiger partial charge >= 0.3 is 5.97 Å². The number of carboxylic acids is 1. The molecule has 0 saturated carbocycles. The lowest BCUT2D eigenvalue weighted by Crippen LogP contribution is -2.03. The summed E-state index contributed by atoms with van der Waals surface area (Å²) in [5.74, 6) is -2.02. The first-order valence-corrected chi connectivity index (χ1v) is 5.03. The van der Waals surface area contributed by atoms with Crippen LogP contribution in [-0.2, 0) is 0 Å². The van der Waals surface area contributed by atoms with E-state index in [2.05, 4.69) is 4.98 Å². The molecular formula is C13H10FNO2. The zero-order valence-corrected chi connectivity index (χ0v) is 9.14. The summed E-state index contributed by atoms with van der Waals surface area (Å²) in [6.07, 6.45) is 3.18. The smallest absolute Gasteiger partial charge is 0.339 e. The van der Waals surface area contributed by atoms with Crippen molar-refractivity contribution < 1.29 is 14.3 Å². The Kier molecular flexibility index (Phi) is 2.87. The number of aromatic carboxylic acids is 1. The molecule has 1 aromatic carbocycles. The number of hydrogen-bond donors (Lipinski definition) is 1. The summed E-state index contributed by atoms with van der Waals surface area (Å²) in [4.78, 5) is 15.0. The summed E-state index contributed by atoms with van der Waals surface area (Å²) in [5.41, 5.74) is 1.51. The van der Waals surface area contributed by atoms with Gasteiger partial charge in [0.15, 0.2) is 0 Å². The fraction of sp³-hybridized carbons (Fsp3) is 0.0769. The van der Waals surface area contributed by atoms with Gasteiger partial charge in [0.2, 0.25) is 0 Å². The molecular weight excluding hydrogens is 221 g/mol. The van der Waals surface area contributed by atoms with E-state index >= 15 is 0 Å². The molecule has 17 heavy (non-hydrogen) atoms. The summed E-state index contributed by atoms with van der Waals surface area (Å²) in [6, 6.07) is 5.97. The number of carbonyl (C=O) groups is 1. The Labute approximate surface area is 97.6 Å². The van der Waals surface area contributed by atoms with Crippen LogP contribution in [0.15, 0.2) is 36.7 Å². The van der Waals surface area contributed by atoms with E-state index in [1.807, 2.05) is 6.92 Å². The minimum Gasteiger partial charge on any atom is -0.478 e. The average Bonchev–Trinajstić information content (AvgIpc) is 2.28. The van der Waals surface area contributed by atoms with Gasteiger partial charge in [-0.05, 0) is 24.6 Å². The molecule has 2 rings (SSSR count). The first-order chi connectivity index (χ1) is 8.09. The number of hydrogen-bond acceptors (Lipinski definition) is 2. The molecule has 0 spiro atoms. The van der Waals surface area contributed by atoms with Gasteiger partial charge in [-0.15, -0.1) is 0 Å². The summed E-state index contributed by atoms with van der Waals surface area (Å²) < 4.78 is 13.5. The van der Waals surface area contributed by atoms with Crippen molar-refractivity contribution in [3.8, 4) is 11.1 Å². The molecule has 0 radical (unpaired) electrons. The maximum atomic E-state index is 13.5. The molecule has 0 fully saturated rings. The van der Waals surface area contributed by atoms with E-state index in [1.54, 1.807) is 18.3 Å². The van der Waals surface area contributed by atoms with Crippen LogP contribution in [0.5, 0.6) is 0 Å². The van der Waals surface area contributed by atoms with Gasteiger partial charge in [-0.1, -0.05) is 12.1 Å². The third-order valence-corrected chi connectivity index (χ3v) is 2.41. The number of aromatic nitrogens is 1. The third-order valence-electron chi connectivity index (χ3n) is 2.41. The van der Waals surface area contributed by atoms with Crippen molar-refractivity contribution in [1.82, 2.24) is 4.98 Å². The minimum absolute atomic E-state index is 0.320. The number of benzene rings is 1. The molecule has 0 unspecified atom stereocenters. The van der Waals surface area contributed by atoms with Crippen molar-refractivity contribution in [3.63, 3.8) is 0 Å². The highest BCUT2D eigenvalue weighted by molar-refractivity contribution is 5.96. The molecule has 0 aliphatic rings. The highest BCUT2D eigenvalue weighted by Gasteiger charge is 2.16. The molecule has 0 saturated heterocycles. The van der Waals surface area contributed by atoms with Gasteiger partial charge in [-0.3, -0.25) is 4.98 Å². The van der Waals surface area contributed by atoms with Crippen LogP contribution in [0, 0.1) is 12.7 Å². The van der Waals surface area contributed by atoms with E-state index in [-0.39, 0.29) is 5.56 Å². The first-order valence-electron chi connectivity index (χ1n) is 5.03. The molecule has 0 aliphatic heterocycles. The quantitative estimate of drug-likeness (QED) is 0.864. The van der Waals surface area contributed by atoms with Crippen LogP contribution >= 0.6 is 0 Å². The van der Waals surface area contributed by atoms with E-state index in [0.717, 1.165) is 11.6 Å². The van der Waals surface area contributed by atoms with Crippen molar-refractivity contribution in [1.29, 1.82) is 0 Å². The maximum absolute atomic E-state index is 13.5. The SMILES string of the molecule is Cc1cncc(-c2cccc(F)c2C(=O)O)c1. The highest BCUT2D eigenvalue weighted by atomic mass is 19.1. The average molecular weight is 231 g/mol. The number of halogens is 1. The standard InChI is InChI=1S/C13H10FNO2/c1-8-5-9(7-15-6-8)10-3-2-4-11(14)12(10)13(16)17/h2-7H,1H3,(H,16,17). The highest BCUT2D eigenvalue weighted by Crippen LogP contribution is 2.25. The Morgan fingerprint density at radius 2 is 2.12 bits per heavy atom. The Morgan fingerprint density at radius 1 is 1.35 bits per heavy atom. The number of aryl methyl sites for hydroxylation is 1. The first kappa shape index (κ1) is 11.3. The lowest BCUT2D eigenvalue weighted by atomic mass is 10.00. The van der Waals surface area contributed by atoms with E-state index in [1.165, 1.54) is 12.3 Å². The predicted molar refractivity (Wildman–Crippen MR) is 61.3 cm³/mol. The Hall–Kier alpha value is -2.23. The van der Waals surface area contributed by atoms with Crippen LogP contribution in [0.2, 0.25) is 0 Å². The van der Waals surface area contributed by atoms with Crippen LogP contribution in [0.25, 0.3) is 11.1 Å². The molecule has 2 aromatic rings. The summed E-state index contributed by atoms with van der Waals surface area (Å²) in [7, 11) is 0. The maximum Gasteiger partial charge on any atom is 0.339 e. The van der Waals surface area contributed by atoms with Gasteiger partial charge in [-0.2, -0.15) is 0 Å². The van der Waals surface area contributed by atoms with E-state index in [4.69, 9.17) is 5.11 Å². The Balaban J connectivity index is 2.67. The summed E-state index contributed by atoms with van der Waals surface area (Å²) in [6.45, 7) is 1.84. The van der Waals surface area contributed by atoms with E-state index < -0.39 is 11.8 Å². The molecule has 1 N–H and O–H groups in total. The van der Waals surface area contributed by atoms with Crippen molar-refractivity contribution in [2.45, 2.75) is 6.92 Å². The lowest BCUT2D eigenvalue weighted by molar-refractivity contribution is 0.0693. The predicted octanol–water partition coefficient (Wildman–Crippen LogP) is 2.89. The summed E-state index contributed by atoms with van der Waals surface area (Å²) >= 11 is 0. The van der Waals surface area contributed by atoms with E-state index in [0.29, 0.717) is 11.1 Å². The largest absolute Gasteiger partial charge is 0.478 e. The molecule has 0 amide bonds. The molecule has 4 heteroatoms. The number of carboxylic acid groups (broad SMARTS) is 1. The monoisotopic (exact) mass is 231 g/mol. The lowest BCUT2D eigenvalue weighted by Gasteiger charge is -2.07. The fourth-order valence-electron chi connectivity index (χ4n) is 1.68. The molecule has 86 valence electrons. The van der Waals surface area contributed by atoms with Crippen LogP contribution in [0.4, 0.5) is 4.39 Å². The Bertz CT molecular complexity index is 581. The number of rotatable bonds is 2. The van der Waals surface area contributed by atoms with Crippen molar-refractivity contribution in [2.24, 2.45) is 0 Å². The third kappa shape index (κ3) is 2.15. The second-order valence-corrected chi connectivity index (χ2v) is 3.72. The zero-order chi connectivity index (χ0) is 12.4. The topological polar surface area (TPSA) is 50.2 Å².